The molecule has 1 aromatic carbocycles. The first-order valence-electron chi connectivity index (χ1n) is 3.76. The maximum absolute atomic E-state index is 12.7. The van der Waals surface area contributed by atoms with Crippen molar-refractivity contribution in [1.82, 2.24) is 0 Å². The fourth-order valence-electron chi connectivity index (χ4n) is 1.14. The second-order valence-corrected chi connectivity index (χ2v) is 2.64. The van der Waals surface area contributed by atoms with Crippen molar-refractivity contribution in [2.75, 3.05) is 0 Å². The smallest absolute Gasteiger partial charge is 0.134 e. The van der Waals surface area contributed by atoms with Crippen LogP contribution in [0.15, 0.2) is 41.0 Å². The van der Waals surface area contributed by atoms with E-state index in [2.05, 4.69) is 0 Å². The van der Waals surface area contributed by atoms with Gasteiger partial charge in [-0.3, -0.25) is 0 Å². The molecule has 1 aromatic heterocycles. The summed E-state index contributed by atoms with van der Waals surface area (Å²) < 4.78 is 30.5. The van der Waals surface area contributed by atoms with Crippen LogP contribution in [0.5, 0.6) is 0 Å². The van der Waals surface area contributed by atoms with Crippen LogP contribution < -0.4 is 0 Å². The van der Waals surface area contributed by atoms with Gasteiger partial charge in [-0.15, -0.1) is 0 Å². The van der Waals surface area contributed by atoms with Crippen molar-refractivity contribution in [2.45, 2.75) is 0 Å². The normalized spacial score (nSPS) is 10.3. The molecule has 1 heterocycles. The first-order valence-corrected chi connectivity index (χ1v) is 3.76. The molecule has 0 N–H and O–H groups in total. The van der Waals surface area contributed by atoms with E-state index in [0.717, 1.165) is 6.07 Å². The van der Waals surface area contributed by atoms with Crippen LogP contribution in [0.25, 0.3) is 11.3 Å². The topological polar surface area (TPSA) is 13.1 Å². The third-order valence-electron chi connectivity index (χ3n) is 1.67. The van der Waals surface area contributed by atoms with Gasteiger partial charge in [0.2, 0.25) is 0 Å². The molecule has 0 aliphatic carbocycles. The average molecular weight is 180 g/mol. The summed E-state index contributed by atoms with van der Waals surface area (Å²) in [6, 6.07) is 6.59. The summed E-state index contributed by atoms with van der Waals surface area (Å²) in [6.07, 6.45) is 1.46. The maximum Gasteiger partial charge on any atom is 0.134 e. The van der Waals surface area contributed by atoms with E-state index in [0.29, 0.717) is 11.3 Å². The van der Waals surface area contributed by atoms with E-state index in [-0.39, 0.29) is 0 Å². The van der Waals surface area contributed by atoms with Gasteiger partial charge in [0.1, 0.15) is 17.4 Å². The Morgan fingerprint density at radius 2 is 1.69 bits per heavy atom. The van der Waals surface area contributed by atoms with Crippen LogP contribution in [0.2, 0.25) is 0 Å². The summed E-state index contributed by atoms with van der Waals surface area (Å²) in [6.45, 7) is 0. The highest BCUT2D eigenvalue weighted by Crippen LogP contribution is 2.21. The van der Waals surface area contributed by atoms with Gasteiger partial charge in [0, 0.05) is 11.6 Å². The van der Waals surface area contributed by atoms with E-state index in [1.54, 1.807) is 12.1 Å². The lowest BCUT2D eigenvalue weighted by Crippen LogP contribution is -1.81. The lowest BCUT2D eigenvalue weighted by atomic mass is 10.1. The largest absolute Gasteiger partial charge is 0.464 e. The van der Waals surface area contributed by atoms with Crippen LogP contribution in [0.1, 0.15) is 0 Å². The number of furan rings is 1. The fourth-order valence-corrected chi connectivity index (χ4v) is 1.14. The van der Waals surface area contributed by atoms with Crippen molar-refractivity contribution in [3.63, 3.8) is 0 Å². The van der Waals surface area contributed by atoms with E-state index >= 15 is 0 Å². The van der Waals surface area contributed by atoms with Crippen LogP contribution >= 0.6 is 0 Å². The predicted molar refractivity (Wildman–Crippen MR) is 44.1 cm³/mol. The first-order chi connectivity index (χ1) is 6.25. The van der Waals surface area contributed by atoms with Crippen molar-refractivity contribution < 1.29 is 13.2 Å². The SMILES string of the molecule is Fc1cc(F)cc(-c2ccco2)c1. The molecule has 0 radical (unpaired) electrons. The molecule has 0 saturated heterocycles. The van der Waals surface area contributed by atoms with Crippen molar-refractivity contribution in [2.24, 2.45) is 0 Å². The number of hydrogen-bond acceptors (Lipinski definition) is 1. The minimum Gasteiger partial charge on any atom is -0.464 e. The van der Waals surface area contributed by atoms with Gasteiger partial charge >= 0.3 is 0 Å². The number of halogens is 2. The van der Waals surface area contributed by atoms with E-state index in [4.69, 9.17) is 4.42 Å². The van der Waals surface area contributed by atoms with Crippen molar-refractivity contribution in [3.8, 4) is 11.3 Å². The lowest BCUT2D eigenvalue weighted by Gasteiger charge is -1.97. The van der Waals surface area contributed by atoms with Gasteiger partial charge in [-0.25, -0.2) is 8.78 Å². The summed E-state index contributed by atoms with van der Waals surface area (Å²) in [4.78, 5) is 0. The van der Waals surface area contributed by atoms with Crippen LogP contribution in [-0.2, 0) is 0 Å². The van der Waals surface area contributed by atoms with E-state index in [1.165, 1.54) is 18.4 Å². The van der Waals surface area contributed by atoms with E-state index < -0.39 is 11.6 Å². The molecule has 3 heteroatoms. The zero-order valence-electron chi connectivity index (χ0n) is 6.63. The molecule has 13 heavy (non-hydrogen) atoms. The van der Waals surface area contributed by atoms with Gasteiger partial charge < -0.3 is 4.42 Å². The molecule has 0 aliphatic rings. The highest BCUT2D eigenvalue weighted by Gasteiger charge is 2.04. The third-order valence-corrected chi connectivity index (χ3v) is 1.67. The van der Waals surface area contributed by atoms with Gasteiger partial charge in [-0.2, -0.15) is 0 Å². The molecule has 0 unspecified atom stereocenters. The molecule has 0 aliphatic heterocycles. The molecule has 0 fully saturated rings. The van der Waals surface area contributed by atoms with Gasteiger partial charge in [-0.1, -0.05) is 0 Å². The zero-order valence-corrected chi connectivity index (χ0v) is 6.63. The number of rotatable bonds is 1. The Balaban J connectivity index is 2.53. The fraction of sp³-hybridized carbons (Fsp3) is 0. The second kappa shape index (κ2) is 3.01. The molecule has 2 aromatic rings. The molecular formula is C10H6F2O. The summed E-state index contributed by atoms with van der Waals surface area (Å²) >= 11 is 0. The lowest BCUT2D eigenvalue weighted by molar-refractivity contribution is 0.569. The Bertz CT molecular complexity index is 387. The Morgan fingerprint density at radius 1 is 1.00 bits per heavy atom. The Kier molecular flexibility index (Phi) is 1.85. The Hall–Kier alpha value is -1.64. The summed E-state index contributed by atoms with van der Waals surface area (Å²) in [5, 5.41) is 0. The van der Waals surface area contributed by atoms with Crippen molar-refractivity contribution in [1.29, 1.82) is 0 Å². The standard InChI is InChI=1S/C10H6F2O/c11-8-4-7(5-9(12)6-8)10-2-1-3-13-10/h1-6H. The molecular weight excluding hydrogens is 174 g/mol. The van der Waals surface area contributed by atoms with Crippen molar-refractivity contribution >= 4 is 0 Å². The van der Waals surface area contributed by atoms with Gasteiger partial charge in [0.15, 0.2) is 0 Å². The molecule has 0 spiro atoms. The monoisotopic (exact) mass is 180 g/mol. The highest BCUT2D eigenvalue weighted by molar-refractivity contribution is 5.57. The molecule has 0 atom stereocenters. The maximum atomic E-state index is 12.7. The van der Waals surface area contributed by atoms with E-state index in [1.807, 2.05) is 0 Å². The van der Waals surface area contributed by atoms with Gasteiger partial charge in [0.05, 0.1) is 6.26 Å². The molecule has 0 saturated carbocycles. The Morgan fingerprint density at radius 3 is 2.23 bits per heavy atom. The van der Waals surface area contributed by atoms with Crippen LogP contribution in [0.3, 0.4) is 0 Å². The second-order valence-electron chi connectivity index (χ2n) is 2.64. The average Bonchev–Trinajstić information content (AvgIpc) is 2.53. The van der Waals surface area contributed by atoms with Crippen LogP contribution in [-0.4, -0.2) is 0 Å². The zero-order chi connectivity index (χ0) is 9.26. The molecule has 2 rings (SSSR count). The Labute approximate surface area is 73.6 Å². The van der Waals surface area contributed by atoms with Crippen LogP contribution in [0, 0.1) is 11.6 Å². The summed E-state index contributed by atoms with van der Waals surface area (Å²) in [7, 11) is 0. The van der Waals surface area contributed by atoms with Crippen LogP contribution in [0.4, 0.5) is 8.78 Å². The van der Waals surface area contributed by atoms with E-state index in [9.17, 15) is 8.78 Å². The molecule has 66 valence electrons. The first kappa shape index (κ1) is 7.98. The summed E-state index contributed by atoms with van der Waals surface area (Å²) in [5.41, 5.74) is 0.405. The minimum atomic E-state index is -0.605. The van der Waals surface area contributed by atoms with Crippen molar-refractivity contribution in [3.05, 3.63) is 48.2 Å². The minimum absolute atomic E-state index is 0.405. The third kappa shape index (κ3) is 1.59. The predicted octanol–water partition coefficient (Wildman–Crippen LogP) is 3.22. The molecule has 0 amide bonds. The molecule has 1 nitrogen and oxygen atoms in total. The van der Waals surface area contributed by atoms with Gasteiger partial charge in [0.25, 0.3) is 0 Å². The molecule has 0 bridgehead atoms. The van der Waals surface area contributed by atoms with Gasteiger partial charge in [-0.05, 0) is 24.3 Å². The summed E-state index contributed by atoms with van der Waals surface area (Å²) in [5.74, 6) is -0.754. The number of hydrogen-bond donors (Lipinski definition) is 0. The quantitative estimate of drug-likeness (QED) is 0.656. The number of benzene rings is 1. The highest BCUT2D eigenvalue weighted by atomic mass is 19.1.